The smallest absolute Gasteiger partial charge is 0.317 e. The summed E-state index contributed by atoms with van der Waals surface area (Å²) in [6.45, 7) is -0.848. The summed E-state index contributed by atoms with van der Waals surface area (Å²) >= 11 is 0. The quantitative estimate of drug-likeness (QED) is 0.108. The summed E-state index contributed by atoms with van der Waals surface area (Å²) < 4.78 is 0. The van der Waals surface area contributed by atoms with Crippen molar-refractivity contribution in [2.24, 2.45) is 17.5 Å². The van der Waals surface area contributed by atoms with Gasteiger partial charge in [-0.1, -0.05) is 0 Å². The minimum Gasteiger partial charge on any atom is -0.480 e. The van der Waals surface area contributed by atoms with Crippen LogP contribution in [0.4, 0.5) is 0 Å². The van der Waals surface area contributed by atoms with Crippen molar-refractivity contribution in [1.29, 1.82) is 0 Å². The summed E-state index contributed by atoms with van der Waals surface area (Å²) in [6.07, 6.45) is 0. The number of nitrogens with one attached hydrogen (secondary N) is 3. The lowest BCUT2D eigenvalue weighted by Gasteiger charge is -2.25. The van der Waals surface area contributed by atoms with Crippen LogP contribution < -0.4 is 33.8 Å². The molecular weight excluding hydrogens is 312 g/mol. The zero-order valence-electron chi connectivity index (χ0n) is 12.4. The fourth-order valence-corrected chi connectivity index (χ4v) is 1.65. The number of rotatable bonds is 11. The average molecular weight is 334 g/mol. The predicted octanol–water partition coefficient (Wildman–Crippen LogP) is -5.36. The van der Waals surface area contributed by atoms with Crippen molar-refractivity contribution < 1.29 is 24.3 Å². The number of nitrogens with zero attached hydrogens (tertiary/aromatic N) is 2. The van der Waals surface area contributed by atoms with Gasteiger partial charge < -0.3 is 5.11 Å². The van der Waals surface area contributed by atoms with E-state index in [0.29, 0.717) is 0 Å². The van der Waals surface area contributed by atoms with Crippen LogP contribution in [0.2, 0.25) is 0 Å². The maximum absolute atomic E-state index is 11.3. The van der Waals surface area contributed by atoms with Gasteiger partial charge in [-0.25, -0.2) is 17.5 Å². The Balaban J connectivity index is 4.70. The SMILES string of the molecule is NNC(=O)CN(CCN(CC(=O)NN)CC(=O)NN)CC(=O)O. The molecule has 13 nitrogen and oxygen atoms in total. The molecule has 0 spiro atoms. The van der Waals surface area contributed by atoms with Gasteiger partial charge >= 0.3 is 5.97 Å². The Labute approximate surface area is 132 Å². The fraction of sp³-hybridized carbons (Fsp3) is 0.600. The van der Waals surface area contributed by atoms with E-state index in [1.807, 2.05) is 16.3 Å². The maximum Gasteiger partial charge on any atom is 0.317 e. The molecule has 13 heteroatoms. The van der Waals surface area contributed by atoms with Gasteiger partial charge in [0.15, 0.2) is 0 Å². The molecule has 0 saturated heterocycles. The summed E-state index contributed by atoms with van der Waals surface area (Å²) in [5.41, 5.74) is 5.72. The molecule has 0 bridgehead atoms. The summed E-state index contributed by atoms with van der Waals surface area (Å²) in [5, 5.41) is 8.82. The number of nitrogens with two attached hydrogens (primary N) is 3. The number of amides is 3. The molecule has 0 aromatic heterocycles. The largest absolute Gasteiger partial charge is 0.480 e. The van der Waals surface area contributed by atoms with E-state index in [1.165, 1.54) is 9.80 Å². The first-order chi connectivity index (χ1) is 10.8. The van der Waals surface area contributed by atoms with Crippen molar-refractivity contribution in [1.82, 2.24) is 26.1 Å². The third-order valence-electron chi connectivity index (χ3n) is 2.68. The normalized spacial score (nSPS) is 10.5. The molecule has 0 radical (unpaired) electrons. The first-order valence-electron chi connectivity index (χ1n) is 6.47. The highest BCUT2D eigenvalue weighted by molar-refractivity contribution is 5.80. The van der Waals surface area contributed by atoms with Gasteiger partial charge in [0.1, 0.15) is 0 Å². The van der Waals surface area contributed by atoms with Crippen molar-refractivity contribution in [3.05, 3.63) is 0 Å². The lowest BCUT2D eigenvalue weighted by Crippen LogP contribution is -2.49. The van der Waals surface area contributed by atoms with Crippen LogP contribution in [0.5, 0.6) is 0 Å². The van der Waals surface area contributed by atoms with E-state index >= 15 is 0 Å². The van der Waals surface area contributed by atoms with Gasteiger partial charge in [0.05, 0.1) is 26.2 Å². The van der Waals surface area contributed by atoms with Crippen LogP contribution in [0.1, 0.15) is 0 Å². The van der Waals surface area contributed by atoms with Crippen LogP contribution >= 0.6 is 0 Å². The van der Waals surface area contributed by atoms with Gasteiger partial charge in [0.2, 0.25) is 17.7 Å². The molecule has 0 saturated carbocycles. The van der Waals surface area contributed by atoms with Crippen LogP contribution in [0.25, 0.3) is 0 Å². The first kappa shape index (κ1) is 20.7. The molecule has 0 aromatic rings. The van der Waals surface area contributed by atoms with E-state index in [-0.39, 0.29) is 32.7 Å². The molecule has 3 amide bonds. The summed E-state index contributed by atoms with van der Waals surface area (Å²) in [6, 6.07) is 0. The first-order valence-corrected chi connectivity index (χ1v) is 6.47. The standard InChI is InChI=1S/C10H22N8O5/c11-14-7(19)3-17(4-8(20)15-12)1-2-18(6-10(22)23)5-9(21)16-13/h1-6,11-13H2,(H,14,19)(H,15,20)(H,16,21)(H,22,23). The Morgan fingerprint density at radius 3 is 1.26 bits per heavy atom. The Hall–Kier alpha value is -2.32. The van der Waals surface area contributed by atoms with Gasteiger partial charge in [0, 0.05) is 13.1 Å². The zero-order valence-corrected chi connectivity index (χ0v) is 12.4. The van der Waals surface area contributed by atoms with E-state index in [9.17, 15) is 19.2 Å². The van der Waals surface area contributed by atoms with E-state index in [4.69, 9.17) is 22.6 Å². The highest BCUT2D eigenvalue weighted by atomic mass is 16.4. The predicted molar refractivity (Wildman–Crippen MR) is 77.5 cm³/mol. The third kappa shape index (κ3) is 10.1. The lowest BCUT2D eigenvalue weighted by atomic mass is 10.3. The number of aliphatic carboxylic acids is 1. The highest BCUT2D eigenvalue weighted by Gasteiger charge is 2.18. The minimum absolute atomic E-state index is 0.0927. The number of carboxylic acid groups (broad SMARTS) is 1. The lowest BCUT2D eigenvalue weighted by molar-refractivity contribution is -0.139. The number of carboxylic acids is 1. The molecule has 0 aliphatic heterocycles. The van der Waals surface area contributed by atoms with E-state index in [2.05, 4.69) is 0 Å². The Morgan fingerprint density at radius 2 is 1.00 bits per heavy atom. The van der Waals surface area contributed by atoms with Crippen molar-refractivity contribution in [3.8, 4) is 0 Å². The zero-order chi connectivity index (χ0) is 17.8. The van der Waals surface area contributed by atoms with Gasteiger partial charge in [-0.05, 0) is 0 Å². The van der Waals surface area contributed by atoms with Gasteiger partial charge in [-0.15, -0.1) is 0 Å². The Morgan fingerprint density at radius 1 is 0.696 bits per heavy atom. The molecule has 0 aromatic carbocycles. The van der Waals surface area contributed by atoms with Crippen molar-refractivity contribution in [2.45, 2.75) is 0 Å². The van der Waals surface area contributed by atoms with E-state index in [1.54, 1.807) is 0 Å². The topological polar surface area (TPSA) is 209 Å². The molecule has 132 valence electrons. The number of hydrogen-bond donors (Lipinski definition) is 7. The number of carbonyl (C=O) groups is 4. The van der Waals surface area contributed by atoms with Gasteiger partial charge in [0.25, 0.3) is 0 Å². The fourth-order valence-electron chi connectivity index (χ4n) is 1.65. The highest BCUT2D eigenvalue weighted by Crippen LogP contribution is 1.94. The summed E-state index contributed by atoms with van der Waals surface area (Å²) in [5.74, 6) is 12.1. The second-order valence-electron chi connectivity index (χ2n) is 4.52. The molecule has 0 aliphatic rings. The summed E-state index contributed by atoms with van der Waals surface area (Å²) in [4.78, 5) is 47.3. The van der Waals surface area contributed by atoms with Crippen molar-refractivity contribution >= 4 is 23.7 Å². The van der Waals surface area contributed by atoms with E-state index < -0.39 is 30.2 Å². The monoisotopic (exact) mass is 334 g/mol. The molecule has 0 aliphatic carbocycles. The molecule has 0 atom stereocenters. The molecule has 0 rings (SSSR count). The number of carbonyl (C=O) groups excluding carboxylic acids is 3. The minimum atomic E-state index is -1.14. The molecule has 10 N–H and O–H groups in total. The Kier molecular flexibility index (Phi) is 10.1. The van der Waals surface area contributed by atoms with Crippen molar-refractivity contribution in [2.75, 3.05) is 39.3 Å². The second-order valence-corrected chi connectivity index (χ2v) is 4.52. The molecular formula is C10H22N8O5. The van der Waals surface area contributed by atoms with Crippen LogP contribution in [0.3, 0.4) is 0 Å². The summed E-state index contributed by atoms with van der Waals surface area (Å²) in [7, 11) is 0. The second kappa shape index (κ2) is 11.3. The van der Waals surface area contributed by atoms with Crippen molar-refractivity contribution in [3.63, 3.8) is 0 Å². The third-order valence-corrected chi connectivity index (χ3v) is 2.68. The molecule has 23 heavy (non-hydrogen) atoms. The average Bonchev–Trinajstić information content (AvgIpc) is 2.51. The van der Waals surface area contributed by atoms with Crippen LogP contribution in [0.15, 0.2) is 0 Å². The van der Waals surface area contributed by atoms with Gasteiger partial charge in [-0.3, -0.25) is 45.3 Å². The van der Waals surface area contributed by atoms with Gasteiger partial charge in [-0.2, -0.15) is 0 Å². The molecule has 0 fully saturated rings. The number of hydrazine groups is 3. The van der Waals surface area contributed by atoms with Crippen LogP contribution in [-0.2, 0) is 19.2 Å². The number of hydrogen-bond acceptors (Lipinski definition) is 9. The Bertz CT molecular complexity index is 413. The van der Waals surface area contributed by atoms with Crippen LogP contribution in [-0.4, -0.2) is 77.9 Å². The van der Waals surface area contributed by atoms with E-state index in [0.717, 1.165) is 0 Å². The molecule has 0 heterocycles. The maximum atomic E-state index is 11.3. The van der Waals surface area contributed by atoms with Crippen LogP contribution in [0, 0.1) is 0 Å². The molecule has 0 unspecified atom stereocenters.